The van der Waals surface area contributed by atoms with Gasteiger partial charge in [-0.3, -0.25) is 14.2 Å². The van der Waals surface area contributed by atoms with Crippen LogP contribution in [0.5, 0.6) is 5.75 Å². The maximum Gasteiger partial charge on any atom is 1.00 e. The number of carbonyl (C=O) groups is 1. The summed E-state index contributed by atoms with van der Waals surface area (Å²) >= 11 is 0.668. The third kappa shape index (κ3) is 5.20. The van der Waals surface area contributed by atoms with E-state index in [0.29, 0.717) is 15.9 Å². The van der Waals surface area contributed by atoms with Crippen LogP contribution in [0.4, 0.5) is 0 Å². The van der Waals surface area contributed by atoms with Gasteiger partial charge in [-0.25, -0.2) is 4.98 Å². The number of thiazole rings is 1. The van der Waals surface area contributed by atoms with Gasteiger partial charge in [-0.1, -0.05) is 12.1 Å². The van der Waals surface area contributed by atoms with E-state index in [9.17, 15) is 14.7 Å². The van der Waals surface area contributed by atoms with E-state index in [2.05, 4.69) is 4.98 Å². The minimum absolute atomic E-state index is 0. The summed E-state index contributed by atoms with van der Waals surface area (Å²) in [6, 6.07) is -2.68. The van der Waals surface area contributed by atoms with Crippen molar-refractivity contribution < 1.29 is 81.9 Å². The monoisotopic (exact) mass is 431 g/mol. The second kappa shape index (κ2) is 10.5. The van der Waals surface area contributed by atoms with Crippen LogP contribution in [0.15, 0.2) is 10.3 Å². The van der Waals surface area contributed by atoms with Gasteiger partial charge in [0.25, 0.3) is 11.5 Å². The summed E-state index contributed by atoms with van der Waals surface area (Å²) < 4.78 is 119. The third-order valence-electron chi connectivity index (χ3n) is 3.46. The standard InChI is InChI=1S/C18H26N4O3S.K/c1-12(2)22-16-15(26-11-20-16)14(23)13(18(22)25)17(24)19-7-6-10-21-8-4-3-5-9-21;/h11-12,23H,3-10H2,1-2H3,(H,19,24);/q;+1/p-1/i1D3,3D2,4D2,5D2,8D2,9D2,12D;/hD. The fraction of sp³-hybridized carbons (Fsp3) is 0.611. The fourth-order valence-electron chi connectivity index (χ4n) is 2.32. The fourth-order valence-corrected chi connectivity index (χ4v) is 3.04. The van der Waals surface area contributed by atoms with Crippen molar-refractivity contribution in [1.82, 2.24) is 19.8 Å². The first kappa shape index (κ1) is 9.68. The molecule has 2 aromatic heterocycles. The molecular weight excluding hydrogens is 391 g/mol. The largest absolute Gasteiger partial charge is 1.00 e. The molecule has 7 nitrogen and oxygen atoms in total. The molecule has 3 heterocycles. The number of aromatic nitrogens is 2. The van der Waals surface area contributed by atoms with Crippen molar-refractivity contribution in [3.8, 4) is 5.75 Å². The number of pyridine rings is 1. The predicted molar refractivity (Wildman–Crippen MR) is 101 cm³/mol. The molecule has 1 aliphatic rings. The van der Waals surface area contributed by atoms with Crippen molar-refractivity contribution in [3.63, 3.8) is 0 Å². The quantitative estimate of drug-likeness (QED) is 0.576. The molecule has 27 heavy (non-hydrogen) atoms. The number of hydrogen-bond donors (Lipinski definition) is 1. The molecular formula is C18H25KN4O3S. The Kier molecular flexibility index (Phi) is 3.75. The summed E-state index contributed by atoms with van der Waals surface area (Å²) in [5.74, 6) is -2.68. The Labute approximate surface area is 226 Å². The summed E-state index contributed by atoms with van der Waals surface area (Å²) in [5.41, 5.74) is -1.99. The normalized spacial score (nSPS) is 35.2. The molecule has 9 heteroatoms. The van der Waals surface area contributed by atoms with Crippen LogP contribution in [0.2, 0.25) is 1.41 Å². The third-order valence-corrected chi connectivity index (χ3v) is 4.28. The van der Waals surface area contributed by atoms with E-state index in [-0.39, 0.29) is 66.3 Å². The number of piperidine rings is 1. The van der Waals surface area contributed by atoms with Crippen molar-refractivity contribution in [2.24, 2.45) is 0 Å². The maximum atomic E-state index is 13.2. The summed E-state index contributed by atoms with van der Waals surface area (Å²) in [5, 5.41) is 13.1. The number of fused-ring (bicyclic) bond motifs is 1. The Hall–Kier alpha value is -0.294. The van der Waals surface area contributed by atoms with E-state index in [4.69, 9.17) is 20.6 Å². The minimum Gasteiger partial charge on any atom is -0.871 e. The van der Waals surface area contributed by atoms with E-state index in [0.717, 1.165) is 12.4 Å². The average Bonchev–Trinajstić information content (AvgIpc) is 3.28. The van der Waals surface area contributed by atoms with E-state index in [1.807, 2.05) is 0 Å². The summed E-state index contributed by atoms with van der Waals surface area (Å²) in [6.45, 7) is -10.6. The molecule has 0 radical (unpaired) electrons. The zero-order valence-electron chi connectivity index (χ0n) is 29.6. The van der Waals surface area contributed by atoms with Gasteiger partial charge in [-0.05, 0) is 52.5 Å². The molecule has 1 fully saturated rings. The van der Waals surface area contributed by atoms with Crippen LogP contribution in [0.25, 0.3) is 10.3 Å². The van der Waals surface area contributed by atoms with Crippen LogP contribution in [0, 0.1) is 0 Å². The van der Waals surface area contributed by atoms with E-state index < -0.39 is 92.9 Å². The summed E-state index contributed by atoms with van der Waals surface area (Å²) in [6.07, 6.45) is -11.2. The van der Waals surface area contributed by atoms with Gasteiger partial charge in [0.05, 0.1) is 17.1 Å². The number of nitrogens with zero attached hydrogens (tertiary/aromatic N) is 3. The van der Waals surface area contributed by atoms with E-state index in [1.54, 1.807) is 0 Å². The topological polar surface area (TPSA) is 90.3 Å². The Bertz CT molecular complexity index is 1400. The van der Waals surface area contributed by atoms with Crippen LogP contribution in [0.1, 0.15) is 74.9 Å². The van der Waals surface area contributed by atoms with Crippen LogP contribution in [0.3, 0.4) is 0 Å². The van der Waals surface area contributed by atoms with E-state index in [1.165, 1.54) is 0 Å². The molecule has 0 saturated carbocycles. The minimum atomic E-state index is -3.61. The SMILES string of the molecule is [2H]N(CCCN1C([2H])([2H])C([2H])([2H])C([2H])([2H])C([2H])([2H])C1([2H])[2H])C(=O)c1c([O-])c2scnc2n(C([2H])(C)C([2H])([2H])[2H])c1=O.[K+]. The van der Waals surface area contributed by atoms with Gasteiger partial charge in [-0.2, -0.15) is 0 Å². The number of rotatable bonds is 6. The summed E-state index contributed by atoms with van der Waals surface area (Å²) in [4.78, 5) is 30.2. The molecule has 1 unspecified atom stereocenters. The predicted octanol–water partition coefficient (Wildman–Crippen LogP) is -1.28. The second-order valence-corrected chi connectivity index (χ2v) is 6.08. The van der Waals surface area contributed by atoms with Crippen molar-refractivity contribution in [2.75, 3.05) is 26.1 Å². The van der Waals surface area contributed by atoms with Crippen LogP contribution < -0.4 is 67.4 Å². The van der Waals surface area contributed by atoms with Crippen LogP contribution >= 0.6 is 11.3 Å². The van der Waals surface area contributed by atoms with Gasteiger partial charge in [0.15, 0.2) is 7.06 Å². The molecule has 0 aliphatic carbocycles. The van der Waals surface area contributed by atoms with Gasteiger partial charge in [0.1, 0.15) is 0 Å². The van der Waals surface area contributed by atoms with Gasteiger partial charge >= 0.3 is 51.4 Å². The maximum absolute atomic E-state index is 13.2. The van der Waals surface area contributed by atoms with Crippen LogP contribution in [-0.2, 0) is 0 Å². The van der Waals surface area contributed by atoms with Gasteiger partial charge in [-0.15, -0.1) is 11.3 Å². The average molecular weight is 432 g/mol. The van der Waals surface area contributed by atoms with Crippen molar-refractivity contribution in [1.29, 1.82) is 0 Å². The first-order valence-corrected chi connectivity index (χ1v) is 8.39. The number of nitrogens with one attached hydrogen (secondary N) is 1. The van der Waals surface area contributed by atoms with E-state index >= 15 is 0 Å². The van der Waals surface area contributed by atoms with Crippen molar-refractivity contribution >= 4 is 27.6 Å². The molecule has 1 N–H and O–H groups in total. The number of hydrogen-bond acceptors (Lipinski definition) is 6. The van der Waals surface area contributed by atoms with Gasteiger partial charge < -0.3 is 15.3 Å². The molecule has 1 atom stereocenters. The zero-order chi connectivity index (χ0) is 31.9. The Morgan fingerprint density at radius 3 is 3.00 bits per heavy atom. The molecule has 142 valence electrons. The molecule has 1 saturated heterocycles. The molecule has 0 spiro atoms. The van der Waals surface area contributed by atoms with Crippen molar-refractivity contribution in [3.05, 3.63) is 21.4 Å². The van der Waals surface area contributed by atoms with Gasteiger partial charge in [0, 0.05) is 30.4 Å². The molecule has 1 aliphatic heterocycles. The molecule has 1 amide bonds. The number of amides is 1. The molecule has 0 aromatic carbocycles. The van der Waals surface area contributed by atoms with Crippen molar-refractivity contribution in [2.45, 2.75) is 45.3 Å². The smallest absolute Gasteiger partial charge is 0.871 e. The molecule has 0 bridgehead atoms. The molecule has 2 aromatic rings. The second-order valence-electron chi connectivity index (χ2n) is 5.23. The number of carbonyl (C=O) groups excluding carboxylic acids is 1. The number of likely N-dealkylation sites (tertiary alicyclic amines) is 1. The Morgan fingerprint density at radius 2 is 2.30 bits per heavy atom. The molecule has 3 rings (SSSR count). The van der Waals surface area contributed by atoms with Gasteiger partial charge in [0.2, 0.25) is 0 Å². The zero-order valence-corrected chi connectivity index (χ0v) is 18.6. The Balaban J connectivity index is 0.00000616. The Morgan fingerprint density at radius 1 is 1.56 bits per heavy atom. The summed E-state index contributed by atoms with van der Waals surface area (Å²) in [7, 11) is 0. The van der Waals surface area contributed by atoms with Crippen LogP contribution in [-0.4, -0.2) is 46.4 Å². The first-order chi connectivity index (χ1) is 18.2. The first-order valence-electron chi connectivity index (χ1n) is 15.0.